The molecule has 0 amide bonds. The van der Waals surface area contributed by atoms with E-state index in [4.69, 9.17) is 28.8 Å². The predicted molar refractivity (Wildman–Crippen MR) is 133 cm³/mol. The van der Waals surface area contributed by atoms with E-state index >= 15 is 0 Å². The lowest BCUT2D eigenvalue weighted by Crippen LogP contribution is -2.44. The van der Waals surface area contributed by atoms with Gasteiger partial charge in [0, 0.05) is 34.7 Å². The molecule has 1 aromatic carbocycles. The van der Waals surface area contributed by atoms with E-state index in [1.165, 1.54) is 22.9 Å². The Morgan fingerprint density at radius 1 is 1.12 bits per heavy atom. The van der Waals surface area contributed by atoms with Crippen molar-refractivity contribution in [1.82, 2.24) is 15.0 Å². The molecule has 1 atom stereocenters. The van der Waals surface area contributed by atoms with Gasteiger partial charge in [-0.2, -0.15) is 0 Å². The lowest BCUT2D eigenvalue weighted by atomic mass is 9.73. The molecule has 2 aliphatic rings. The molecule has 6 N–H and O–H groups in total. The van der Waals surface area contributed by atoms with Crippen LogP contribution in [0, 0.1) is 5.41 Å². The summed E-state index contributed by atoms with van der Waals surface area (Å²) in [5.74, 6) is 1.43. The van der Waals surface area contributed by atoms with Crippen LogP contribution >= 0.6 is 39.3 Å². The average molecular weight is 533 g/mol. The van der Waals surface area contributed by atoms with Gasteiger partial charge in [0.2, 0.25) is 0 Å². The van der Waals surface area contributed by atoms with Crippen LogP contribution in [0.3, 0.4) is 0 Å². The molecule has 1 fully saturated rings. The summed E-state index contributed by atoms with van der Waals surface area (Å²) in [5, 5.41) is 0.984. The minimum atomic E-state index is 0.0598. The quantitative estimate of drug-likeness (QED) is 0.453. The summed E-state index contributed by atoms with van der Waals surface area (Å²) in [6, 6.07) is 8.18. The van der Waals surface area contributed by atoms with Crippen LogP contribution in [0.25, 0.3) is 0 Å². The normalized spacial score (nSPS) is 19.3. The highest BCUT2D eigenvalue weighted by Crippen LogP contribution is 2.52. The van der Waals surface area contributed by atoms with Crippen molar-refractivity contribution in [1.29, 1.82) is 0 Å². The number of fused-ring (bicyclic) bond motifs is 1. The zero-order chi connectivity index (χ0) is 22.5. The third-order valence-electron chi connectivity index (χ3n) is 6.60. The molecule has 0 bridgehead atoms. The van der Waals surface area contributed by atoms with Crippen LogP contribution < -0.4 is 22.1 Å². The van der Waals surface area contributed by atoms with Crippen molar-refractivity contribution in [2.24, 2.45) is 11.1 Å². The second-order valence-electron chi connectivity index (χ2n) is 8.34. The Hall–Kier alpha value is -2.07. The number of benzene rings is 1. The lowest BCUT2D eigenvalue weighted by molar-refractivity contribution is 0.187. The van der Waals surface area contributed by atoms with Gasteiger partial charge in [-0.1, -0.05) is 51.4 Å². The Morgan fingerprint density at radius 3 is 2.62 bits per heavy atom. The average Bonchev–Trinajstić information content (AvgIpc) is 3.06. The zero-order valence-electron chi connectivity index (χ0n) is 17.3. The smallest absolute Gasteiger partial charge is 0.158 e. The number of rotatable bonds is 3. The number of piperidine rings is 1. The maximum Gasteiger partial charge on any atom is 0.158 e. The standard InChI is InChI=1S/C22H23BrClN7S/c23-14-3-1-2-12-13(14)10-22(18(12)25)5-8-31(9-6-22)16-11-29-21(20(27)30-16)32-15-4-7-28-19(26)17(15)24/h1-4,7,11,18H,5-6,8-10,25H2,(H2,26,28)(H2,27,30). The summed E-state index contributed by atoms with van der Waals surface area (Å²) >= 11 is 11.3. The monoisotopic (exact) mass is 531 g/mol. The number of hydrogen-bond acceptors (Lipinski definition) is 8. The first-order chi connectivity index (χ1) is 15.4. The van der Waals surface area contributed by atoms with E-state index in [0.29, 0.717) is 15.9 Å². The number of nitrogens with zero attached hydrogens (tertiary/aromatic N) is 4. The van der Waals surface area contributed by atoms with Gasteiger partial charge >= 0.3 is 0 Å². The first kappa shape index (κ1) is 21.8. The minimum Gasteiger partial charge on any atom is -0.382 e. The molecule has 1 aliphatic carbocycles. The van der Waals surface area contributed by atoms with Crippen LogP contribution in [0.5, 0.6) is 0 Å². The third-order valence-corrected chi connectivity index (χ3v) is 8.92. The van der Waals surface area contributed by atoms with Crippen LogP contribution in [0.2, 0.25) is 5.02 Å². The van der Waals surface area contributed by atoms with Crippen molar-refractivity contribution in [2.45, 2.75) is 35.2 Å². The van der Waals surface area contributed by atoms with E-state index in [1.807, 2.05) is 0 Å². The van der Waals surface area contributed by atoms with Crippen molar-refractivity contribution < 1.29 is 0 Å². The molecule has 32 heavy (non-hydrogen) atoms. The Balaban J connectivity index is 1.30. The zero-order valence-corrected chi connectivity index (χ0v) is 20.4. The number of aromatic nitrogens is 3. The van der Waals surface area contributed by atoms with Gasteiger partial charge < -0.3 is 22.1 Å². The van der Waals surface area contributed by atoms with E-state index in [0.717, 1.165) is 47.5 Å². The van der Waals surface area contributed by atoms with Gasteiger partial charge in [0.25, 0.3) is 0 Å². The maximum absolute atomic E-state index is 6.73. The summed E-state index contributed by atoms with van der Waals surface area (Å²) in [7, 11) is 0. The molecular weight excluding hydrogens is 510 g/mol. The second kappa shape index (κ2) is 8.37. The molecule has 5 rings (SSSR count). The maximum atomic E-state index is 6.73. The van der Waals surface area contributed by atoms with Crippen LogP contribution in [0.1, 0.15) is 30.0 Å². The summed E-state index contributed by atoms with van der Waals surface area (Å²) in [6.45, 7) is 1.74. The molecule has 0 radical (unpaired) electrons. The Morgan fingerprint density at radius 2 is 1.91 bits per heavy atom. The fourth-order valence-corrected chi connectivity index (χ4v) is 6.29. The molecule has 1 aliphatic heterocycles. The number of hydrogen-bond donors (Lipinski definition) is 3. The van der Waals surface area contributed by atoms with Crippen molar-refractivity contribution in [2.75, 3.05) is 29.5 Å². The van der Waals surface area contributed by atoms with Crippen molar-refractivity contribution >= 4 is 56.7 Å². The largest absolute Gasteiger partial charge is 0.382 e. The highest BCUT2D eigenvalue weighted by molar-refractivity contribution is 9.10. The summed E-state index contributed by atoms with van der Waals surface area (Å²) in [4.78, 5) is 16.1. The van der Waals surface area contributed by atoms with E-state index in [9.17, 15) is 0 Å². The number of nitrogens with two attached hydrogens (primary N) is 3. The minimum absolute atomic E-state index is 0.0598. The van der Waals surface area contributed by atoms with Crippen molar-refractivity contribution in [3.8, 4) is 0 Å². The first-order valence-corrected chi connectivity index (χ1v) is 12.3. The molecule has 0 saturated carbocycles. The number of pyridine rings is 1. The first-order valence-electron chi connectivity index (χ1n) is 10.4. The fraction of sp³-hybridized carbons (Fsp3) is 0.318. The predicted octanol–water partition coefficient (Wildman–Crippen LogP) is 4.45. The molecule has 2 aromatic heterocycles. The topological polar surface area (TPSA) is 120 Å². The van der Waals surface area contributed by atoms with Crippen LogP contribution in [0.15, 0.2) is 51.1 Å². The molecule has 166 valence electrons. The highest BCUT2D eigenvalue weighted by atomic mass is 79.9. The fourth-order valence-electron chi connectivity index (χ4n) is 4.75. The molecule has 3 aromatic rings. The van der Waals surface area contributed by atoms with Crippen LogP contribution in [-0.4, -0.2) is 28.0 Å². The summed E-state index contributed by atoms with van der Waals surface area (Å²) in [6.07, 6.45) is 6.39. The Kier molecular flexibility index (Phi) is 5.69. The molecule has 3 heterocycles. The van der Waals surface area contributed by atoms with E-state index in [1.54, 1.807) is 18.5 Å². The van der Waals surface area contributed by atoms with Gasteiger partial charge in [-0.15, -0.1) is 0 Å². The lowest BCUT2D eigenvalue weighted by Gasteiger charge is -2.42. The number of nitrogen functional groups attached to an aromatic ring is 2. The Labute approximate surface area is 204 Å². The van der Waals surface area contributed by atoms with E-state index in [-0.39, 0.29) is 17.3 Å². The molecule has 1 spiro atoms. The van der Waals surface area contributed by atoms with Gasteiger partial charge in [-0.3, -0.25) is 0 Å². The van der Waals surface area contributed by atoms with Crippen LogP contribution in [0.4, 0.5) is 17.5 Å². The van der Waals surface area contributed by atoms with Gasteiger partial charge in [-0.25, -0.2) is 15.0 Å². The van der Waals surface area contributed by atoms with Crippen molar-refractivity contribution in [3.05, 3.63) is 57.3 Å². The molecule has 7 nitrogen and oxygen atoms in total. The molecular formula is C22H23BrClN7S. The summed E-state index contributed by atoms with van der Waals surface area (Å²) in [5.41, 5.74) is 21.5. The highest BCUT2D eigenvalue weighted by Gasteiger charge is 2.46. The molecule has 10 heteroatoms. The Bertz CT molecular complexity index is 1180. The summed E-state index contributed by atoms with van der Waals surface area (Å²) < 4.78 is 1.16. The van der Waals surface area contributed by atoms with Gasteiger partial charge in [0.05, 0.1) is 11.2 Å². The van der Waals surface area contributed by atoms with Gasteiger partial charge in [0.15, 0.2) is 5.82 Å². The third kappa shape index (κ3) is 3.71. The second-order valence-corrected chi connectivity index (χ2v) is 10.6. The number of anilines is 3. The SMILES string of the molecule is Nc1nc(N2CCC3(CC2)Cc2c(Br)cccc2C3N)cnc1Sc1ccnc(N)c1Cl. The molecule has 1 unspecified atom stereocenters. The number of halogens is 2. The van der Waals surface area contributed by atoms with E-state index < -0.39 is 0 Å². The molecule has 1 saturated heterocycles. The van der Waals surface area contributed by atoms with Gasteiger partial charge in [0.1, 0.15) is 16.7 Å². The van der Waals surface area contributed by atoms with E-state index in [2.05, 4.69) is 54.0 Å². The van der Waals surface area contributed by atoms with Crippen molar-refractivity contribution in [3.63, 3.8) is 0 Å². The van der Waals surface area contributed by atoms with Crippen LogP contribution in [-0.2, 0) is 6.42 Å². The van der Waals surface area contributed by atoms with Gasteiger partial charge in [-0.05, 0) is 47.9 Å².